The van der Waals surface area contributed by atoms with E-state index in [1.807, 2.05) is 0 Å². The predicted molar refractivity (Wildman–Crippen MR) is 76.1 cm³/mol. The van der Waals surface area contributed by atoms with Crippen molar-refractivity contribution in [2.75, 3.05) is 7.05 Å². The molecule has 0 radical (unpaired) electrons. The fourth-order valence-corrected chi connectivity index (χ4v) is 2.65. The highest BCUT2D eigenvalue weighted by Crippen LogP contribution is 2.37. The maximum atomic E-state index is 12.8. The summed E-state index contributed by atoms with van der Waals surface area (Å²) in [6.45, 7) is 0.408. The smallest absolute Gasteiger partial charge is 0.354 e. The Morgan fingerprint density at radius 2 is 2.23 bits per heavy atom. The zero-order valence-electron chi connectivity index (χ0n) is 12.7. The first-order valence-electron chi connectivity index (χ1n) is 7.27. The normalized spacial score (nSPS) is 23.4. The predicted octanol–water partition coefficient (Wildman–Crippen LogP) is 1.60. The van der Waals surface area contributed by atoms with Crippen LogP contribution in [-0.4, -0.2) is 40.0 Å². The average molecular weight is 318 g/mol. The maximum Gasteiger partial charge on any atom is 0.391 e. The summed E-state index contributed by atoms with van der Waals surface area (Å²) in [6, 6.07) is -0.217. The summed E-state index contributed by atoms with van der Waals surface area (Å²) in [7, 11) is 3.37. The van der Waals surface area contributed by atoms with Gasteiger partial charge in [-0.15, -0.1) is 0 Å². The average Bonchev–Trinajstić information content (AvgIpc) is 2.88. The van der Waals surface area contributed by atoms with Gasteiger partial charge < -0.3 is 10.6 Å². The molecule has 0 bridgehead atoms. The van der Waals surface area contributed by atoms with Gasteiger partial charge in [0, 0.05) is 20.1 Å². The Balaban J connectivity index is 1.86. The molecule has 0 amide bonds. The van der Waals surface area contributed by atoms with Gasteiger partial charge in [0.25, 0.3) is 0 Å². The van der Waals surface area contributed by atoms with Crippen molar-refractivity contribution in [1.29, 1.82) is 0 Å². The number of aromatic nitrogens is 3. The Morgan fingerprint density at radius 3 is 2.82 bits per heavy atom. The first-order valence-corrected chi connectivity index (χ1v) is 7.27. The number of aliphatic imine (C=N–C) groups is 1. The van der Waals surface area contributed by atoms with Crippen LogP contribution in [0.5, 0.6) is 0 Å². The molecule has 1 aromatic heterocycles. The van der Waals surface area contributed by atoms with Crippen molar-refractivity contribution >= 4 is 5.96 Å². The van der Waals surface area contributed by atoms with Crippen molar-refractivity contribution in [3.8, 4) is 0 Å². The first-order chi connectivity index (χ1) is 10.4. The van der Waals surface area contributed by atoms with Gasteiger partial charge in [0.2, 0.25) is 0 Å². The lowest BCUT2D eigenvalue weighted by molar-refractivity contribution is -0.183. The molecule has 124 valence electrons. The topological polar surface area (TPSA) is 67.1 Å². The summed E-state index contributed by atoms with van der Waals surface area (Å²) in [6.07, 6.45) is -1.07. The Bertz CT molecular complexity index is 510. The molecule has 1 heterocycles. The summed E-state index contributed by atoms with van der Waals surface area (Å²) in [5.41, 5.74) is 0. The number of halogens is 3. The van der Waals surface area contributed by atoms with E-state index in [4.69, 9.17) is 0 Å². The zero-order valence-corrected chi connectivity index (χ0v) is 12.7. The van der Waals surface area contributed by atoms with Gasteiger partial charge in [-0.1, -0.05) is 6.42 Å². The third-order valence-corrected chi connectivity index (χ3v) is 3.92. The van der Waals surface area contributed by atoms with E-state index in [0.29, 0.717) is 18.9 Å². The third-order valence-electron chi connectivity index (χ3n) is 3.92. The molecule has 2 N–H and O–H groups in total. The number of hydrogen-bond acceptors (Lipinski definition) is 3. The van der Waals surface area contributed by atoms with Gasteiger partial charge in [-0.05, 0) is 19.3 Å². The van der Waals surface area contributed by atoms with E-state index in [1.165, 1.54) is 6.33 Å². The highest BCUT2D eigenvalue weighted by molar-refractivity contribution is 5.79. The highest BCUT2D eigenvalue weighted by Gasteiger charge is 2.42. The Hall–Kier alpha value is -1.80. The number of hydrogen-bond donors (Lipinski definition) is 2. The van der Waals surface area contributed by atoms with Crippen LogP contribution in [0.15, 0.2) is 11.3 Å². The van der Waals surface area contributed by atoms with Crippen molar-refractivity contribution < 1.29 is 13.2 Å². The molecule has 1 saturated carbocycles. The fraction of sp³-hybridized carbons (Fsp3) is 0.769. The van der Waals surface area contributed by atoms with Crippen LogP contribution in [0.25, 0.3) is 0 Å². The van der Waals surface area contributed by atoms with Crippen molar-refractivity contribution in [3.63, 3.8) is 0 Å². The minimum Gasteiger partial charge on any atom is -0.354 e. The van der Waals surface area contributed by atoms with Crippen molar-refractivity contribution in [1.82, 2.24) is 25.4 Å². The summed E-state index contributed by atoms with van der Waals surface area (Å²) in [4.78, 5) is 8.13. The van der Waals surface area contributed by atoms with Crippen LogP contribution >= 0.6 is 0 Å². The van der Waals surface area contributed by atoms with Gasteiger partial charge in [0.1, 0.15) is 12.2 Å². The molecule has 2 rings (SSSR count). The number of rotatable bonds is 3. The molecule has 1 aliphatic rings. The van der Waals surface area contributed by atoms with Crippen molar-refractivity contribution in [2.45, 2.75) is 44.4 Å². The highest BCUT2D eigenvalue weighted by atomic mass is 19.4. The van der Waals surface area contributed by atoms with Crippen LogP contribution in [0.4, 0.5) is 13.2 Å². The second-order valence-electron chi connectivity index (χ2n) is 5.47. The molecular formula is C13H21F3N6. The van der Waals surface area contributed by atoms with Gasteiger partial charge >= 0.3 is 6.18 Å². The largest absolute Gasteiger partial charge is 0.391 e. The fourth-order valence-electron chi connectivity index (χ4n) is 2.65. The summed E-state index contributed by atoms with van der Waals surface area (Å²) in [5.74, 6) is -0.0221. The number of nitrogens with zero attached hydrogens (tertiary/aromatic N) is 4. The Morgan fingerprint density at radius 1 is 1.45 bits per heavy atom. The van der Waals surface area contributed by atoms with E-state index in [-0.39, 0.29) is 18.9 Å². The monoisotopic (exact) mass is 318 g/mol. The van der Waals surface area contributed by atoms with Crippen LogP contribution in [0.2, 0.25) is 0 Å². The standard InChI is InChI=1S/C13H21F3N6/c1-17-12(18-7-11-19-8-20-22(11)2)21-10-5-3-4-9(6-10)13(14,15)16/h8-10H,3-7H2,1-2H3,(H2,17,18,21). The van der Waals surface area contributed by atoms with Crippen molar-refractivity contribution in [3.05, 3.63) is 12.2 Å². The lowest BCUT2D eigenvalue weighted by Crippen LogP contribution is -2.46. The van der Waals surface area contributed by atoms with Crippen LogP contribution in [-0.2, 0) is 13.6 Å². The van der Waals surface area contributed by atoms with Gasteiger partial charge in [-0.25, -0.2) is 4.98 Å². The zero-order chi connectivity index (χ0) is 16.2. The van der Waals surface area contributed by atoms with Gasteiger partial charge in [-0.2, -0.15) is 18.3 Å². The van der Waals surface area contributed by atoms with Gasteiger partial charge in [-0.3, -0.25) is 9.67 Å². The van der Waals surface area contributed by atoms with E-state index >= 15 is 0 Å². The lowest BCUT2D eigenvalue weighted by Gasteiger charge is -2.31. The third kappa shape index (κ3) is 4.35. The lowest BCUT2D eigenvalue weighted by atomic mass is 9.85. The van der Waals surface area contributed by atoms with E-state index in [0.717, 1.165) is 12.2 Å². The number of nitrogens with one attached hydrogen (secondary N) is 2. The van der Waals surface area contributed by atoms with Gasteiger partial charge in [0.05, 0.1) is 12.5 Å². The summed E-state index contributed by atoms with van der Waals surface area (Å²) < 4.78 is 40.1. The quantitative estimate of drug-likeness (QED) is 0.656. The van der Waals surface area contributed by atoms with E-state index in [2.05, 4.69) is 25.7 Å². The summed E-state index contributed by atoms with van der Waals surface area (Å²) >= 11 is 0. The van der Waals surface area contributed by atoms with Crippen LogP contribution in [0.3, 0.4) is 0 Å². The molecule has 2 atom stereocenters. The molecule has 9 heteroatoms. The second-order valence-corrected chi connectivity index (χ2v) is 5.47. The molecular weight excluding hydrogens is 297 g/mol. The molecule has 1 fully saturated rings. The van der Waals surface area contributed by atoms with Crippen LogP contribution in [0, 0.1) is 5.92 Å². The molecule has 2 unspecified atom stereocenters. The van der Waals surface area contributed by atoms with E-state index < -0.39 is 12.1 Å². The van der Waals surface area contributed by atoms with Gasteiger partial charge in [0.15, 0.2) is 5.96 Å². The first kappa shape index (κ1) is 16.6. The Kier molecular flexibility index (Phi) is 5.25. The molecule has 1 aromatic rings. The van der Waals surface area contributed by atoms with Crippen LogP contribution < -0.4 is 10.6 Å². The summed E-state index contributed by atoms with van der Waals surface area (Å²) in [5, 5.41) is 10.1. The molecule has 1 aliphatic carbocycles. The minimum atomic E-state index is -4.12. The number of guanidine groups is 1. The van der Waals surface area contributed by atoms with Crippen LogP contribution in [0.1, 0.15) is 31.5 Å². The molecule has 0 aromatic carbocycles. The maximum absolute atomic E-state index is 12.8. The van der Waals surface area contributed by atoms with Crippen molar-refractivity contribution in [2.24, 2.45) is 18.0 Å². The minimum absolute atomic E-state index is 0.0914. The van der Waals surface area contributed by atoms with E-state index in [9.17, 15) is 13.2 Å². The SMILES string of the molecule is CN=C(NCc1ncnn1C)NC1CCCC(C(F)(F)F)C1. The molecule has 22 heavy (non-hydrogen) atoms. The number of alkyl halides is 3. The molecule has 0 spiro atoms. The second kappa shape index (κ2) is 6.97. The molecule has 0 saturated heterocycles. The van der Waals surface area contributed by atoms with E-state index in [1.54, 1.807) is 18.8 Å². The molecule has 0 aliphatic heterocycles. The molecule has 6 nitrogen and oxygen atoms in total. The number of aryl methyl sites for hydroxylation is 1. The Labute approximate surface area is 127 Å².